The van der Waals surface area contributed by atoms with Crippen LogP contribution in [-0.2, 0) is 21.1 Å². The predicted molar refractivity (Wildman–Crippen MR) is 78.8 cm³/mol. The Hall–Kier alpha value is -1.14. The molecule has 2 aliphatic heterocycles. The molecule has 0 spiro atoms. The number of hydrogen-bond donors (Lipinski definition) is 0. The van der Waals surface area contributed by atoms with Crippen LogP contribution < -0.4 is 4.90 Å². The zero-order valence-electron chi connectivity index (χ0n) is 11.3. The van der Waals surface area contributed by atoms with Crippen LogP contribution in [0.1, 0.15) is 18.4 Å². The molecule has 0 aliphatic carbocycles. The lowest BCUT2D eigenvalue weighted by molar-refractivity contribution is -0.121. The minimum absolute atomic E-state index is 0.0349. The van der Waals surface area contributed by atoms with E-state index < -0.39 is 21.6 Å². The number of benzene rings is 1. The van der Waals surface area contributed by atoms with Crippen molar-refractivity contribution in [3.63, 3.8) is 0 Å². The fourth-order valence-corrected chi connectivity index (χ4v) is 5.04. The van der Waals surface area contributed by atoms with Crippen molar-refractivity contribution in [3.8, 4) is 0 Å². The molecule has 2 aliphatic rings. The molecule has 21 heavy (non-hydrogen) atoms. The lowest BCUT2D eigenvalue weighted by atomic mass is 9.98. The maximum Gasteiger partial charge on any atom is 0.231 e. The van der Waals surface area contributed by atoms with Gasteiger partial charge in [0, 0.05) is 11.6 Å². The van der Waals surface area contributed by atoms with Crippen molar-refractivity contribution in [1.82, 2.24) is 0 Å². The van der Waals surface area contributed by atoms with E-state index in [1.165, 1.54) is 11.0 Å². The lowest BCUT2D eigenvalue weighted by Crippen LogP contribution is -2.40. The first kappa shape index (κ1) is 14.8. The van der Waals surface area contributed by atoms with Gasteiger partial charge in [-0.2, -0.15) is 0 Å². The Morgan fingerprint density at radius 3 is 2.81 bits per heavy atom. The molecule has 1 unspecified atom stereocenters. The maximum atomic E-state index is 14.2. The van der Waals surface area contributed by atoms with Crippen molar-refractivity contribution in [2.24, 2.45) is 5.92 Å². The highest BCUT2D eigenvalue weighted by Crippen LogP contribution is 2.34. The van der Waals surface area contributed by atoms with Gasteiger partial charge in [-0.3, -0.25) is 4.79 Å². The molecule has 1 fully saturated rings. The highest BCUT2D eigenvalue weighted by atomic mass is 35.5. The van der Waals surface area contributed by atoms with Crippen molar-refractivity contribution >= 4 is 33.0 Å². The summed E-state index contributed by atoms with van der Waals surface area (Å²) in [5.74, 6) is -1.47. The van der Waals surface area contributed by atoms with Gasteiger partial charge in [-0.05, 0) is 37.0 Å². The van der Waals surface area contributed by atoms with Crippen LogP contribution in [0.4, 0.5) is 10.1 Å². The zero-order valence-corrected chi connectivity index (χ0v) is 12.9. The Bertz CT molecular complexity index is 704. The van der Waals surface area contributed by atoms with Crippen molar-refractivity contribution in [2.75, 3.05) is 23.0 Å². The van der Waals surface area contributed by atoms with E-state index in [9.17, 15) is 17.6 Å². The van der Waals surface area contributed by atoms with E-state index in [0.717, 1.165) is 6.42 Å². The number of anilines is 1. The second-order valence-corrected chi connectivity index (χ2v) is 8.25. The van der Waals surface area contributed by atoms with Crippen LogP contribution in [0.15, 0.2) is 12.1 Å². The third-order valence-electron chi connectivity index (χ3n) is 4.05. The Labute approximate surface area is 127 Å². The third-order valence-corrected chi connectivity index (χ3v) is 6.04. The molecule has 0 saturated carbocycles. The molecule has 1 atom stereocenters. The summed E-state index contributed by atoms with van der Waals surface area (Å²) in [6.07, 6.45) is 1.71. The summed E-state index contributed by atoms with van der Waals surface area (Å²) < 4.78 is 37.2. The molecule has 0 bridgehead atoms. The number of fused-ring (bicyclic) bond motifs is 1. The molecule has 2 heterocycles. The van der Waals surface area contributed by atoms with Gasteiger partial charge in [0.1, 0.15) is 5.82 Å². The lowest BCUT2D eigenvalue weighted by Gasteiger charge is -2.31. The molecule has 1 aromatic carbocycles. The van der Waals surface area contributed by atoms with Crippen LogP contribution in [0.25, 0.3) is 0 Å². The van der Waals surface area contributed by atoms with E-state index >= 15 is 0 Å². The second kappa shape index (κ2) is 5.25. The second-order valence-electron chi connectivity index (χ2n) is 5.59. The number of hydrogen-bond acceptors (Lipinski definition) is 3. The number of aryl methyl sites for hydroxylation is 1. The summed E-state index contributed by atoms with van der Waals surface area (Å²) in [4.78, 5) is 13.9. The van der Waals surface area contributed by atoms with Gasteiger partial charge in [0.05, 0.1) is 23.1 Å². The number of carbonyl (C=O) groups is 1. The first-order chi connectivity index (χ1) is 9.87. The average molecular weight is 332 g/mol. The van der Waals surface area contributed by atoms with E-state index in [1.54, 1.807) is 6.07 Å². The molecule has 3 rings (SSSR count). The van der Waals surface area contributed by atoms with Crippen LogP contribution in [0, 0.1) is 11.7 Å². The van der Waals surface area contributed by atoms with Crippen molar-refractivity contribution in [3.05, 3.63) is 28.5 Å². The van der Waals surface area contributed by atoms with Crippen LogP contribution >= 0.6 is 11.6 Å². The quantitative estimate of drug-likeness (QED) is 0.792. The number of halogens is 2. The van der Waals surface area contributed by atoms with Gasteiger partial charge in [0.15, 0.2) is 9.84 Å². The van der Waals surface area contributed by atoms with Crippen molar-refractivity contribution < 1.29 is 17.6 Å². The minimum Gasteiger partial charge on any atom is -0.309 e. The van der Waals surface area contributed by atoms with Gasteiger partial charge in [-0.15, -0.1) is 0 Å². The molecule has 1 aromatic rings. The maximum absolute atomic E-state index is 14.2. The first-order valence-electron chi connectivity index (χ1n) is 6.87. The molecular weight excluding hydrogens is 317 g/mol. The summed E-state index contributed by atoms with van der Waals surface area (Å²) in [5.41, 5.74) is 0.973. The van der Waals surface area contributed by atoms with E-state index in [0.29, 0.717) is 30.0 Å². The van der Waals surface area contributed by atoms with E-state index in [-0.39, 0.29) is 23.1 Å². The van der Waals surface area contributed by atoms with Gasteiger partial charge in [-0.25, -0.2) is 12.8 Å². The van der Waals surface area contributed by atoms with Crippen LogP contribution in [0.3, 0.4) is 0 Å². The Morgan fingerprint density at radius 1 is 1.38 bits per heavy atom. The molecule has 0 aromatic heterocycles. The van der Waals surface area contributed by atoms with E-state index in [2.05, 4.69) is 0 Å². The number of carbonyl (C=O) groups excluding carboxylic acids is 1. The highest BCUT2D eigenvalue weighted by molar-refractivity contribution is 7.91. The summed E-state index contributed by atoms with van der Waals surface area (Å²) in [6.45, 7) is 0.418. The summed E-state index contributed by atoms with van der Waals surface area (Å²) in [6, 6.07) is 2.86. The summed E-state index contributed by atoms with van der Waals surface area (Å²) in [7, 11) is -3.14. The minimum atomic E-state index is -3.14. The molecule has 1 saturated heterocycles. The molecule has 0 radical (unpaired) electrons. The average Bonchev–Trinajstić information content (AvgIpc) is 2.77. The highest BCUT2D eigenvalue weighted by Gasteiger charge is 2.37. The Morgan fingerprint density at radius 2 is 2.14 bits per heavy atom. The normalized spacial score (nSPS) is 23.9. The number of nitrogens with zero attached hydrogens (tertiary/aromatic N) is 1. The van der Waals surface area contributed by atoms with Gasteiger partial charge in [0.25, 0.3) is 0 Å². The zero-order chi connectivity index (χ0) is 15.2. The number of rotatable bonds is 1. The molecule has 1 amide bonds. The standard InChI is InChI=1S/C14H15ClFNO3S/c15-11-6-9-2-1-4-17(13(9)12(16)7-11)14(18)10-3-5-21(19,20)8-10/h6-7,10H,1-5,8H2. The molecular formula is C14H15ClFNO3S. The smallest absolute Gasteiger partial charge is 0.231 e. The summed E-state index contributed by atoms with van der Waals surface area (Å²) in [5, 5.41) is 0.309. The van der Waals surface area contributed by atoms with Gasteiger partial charge < -0.3 is 4.90 Å². The largest absolute Gasteiger partial charge is 0.309 e. The van der Waals surface area contributed by atoms with Crippen LogP contribution in [-0.4, -0.2) is 32.4 Å². The number of sulfone groups is 1. The molecule has 0 N–H and O–H groups in total. The number of amides is 1. The Kier molecular flexibility index (Phi) is 3.69. The predicted octanol–water partition coefficient (Wildman–Crippen LogP) is 2.19. The Balaban J connectivity index is 1.94. The van der Waals surface area contributed by atoms with Crippen molar-refractivity contribution in [1.29, 1.82) is 0 Å². The van der Waals surface area contributed by atoms with Crippen LogP contribution in [0.5, 0.6) is 0 Å². The SMILES string of the molecule is O=C(C1CCS(=O)(=O)C1)N1CCCc2cc(Cl)cc(F)c21. The topological polar surface area (TPSA) is 54.5 Å². The molecule has 4 nitrogen and oxygen atoms in total. The third kappa shape index (κ3) is 2.79. The monoisotopic (exact) mass is 331 g/mol. The van der Waals surface area contributed by atoms with Gasteiger partial charge >= 0.3 is 0 Å². The van der Waals surface area contributed by atoms with Crippen molar-refractivity contribution in [2.45, 2.75) is 19.3 Å². The molecule has 114 valence electrons. The fourth-order valence-electron chi connectivity index (χ4n) is 3.08. The van der Waals surface area contributed by atoms with E-state index in [1.807, 2.05) is 0 Å². The molecule has 7 heteroatoms. The van der Waals surface area contributed by atoms with Gasteiger partial charge in [-0.1, -0.05) is 11.6 Å². The van der Waals surface area contributed by atoms with E-state index in [4.69, 9.17) is 11.6 Å². The van der Waals surface area contributed by atoms with Gasteiger partial charge in [0.2, 0.25) is 5.91 Å². The fraction of sp³-hybridized carbons (Fsp3) is 0.500. The summed E-state index contributed by atoms with van der Waals surface area (Å²) >= 11 is 5.85. The first-order valence-corrected chi connectivity index (χ1v) is 9.07. The van der Waals surface area contributed by atoms with Crippen LogP contribution in [0.2, 0.25) is 5.02 Å².